The molecule has 1 unspecified atom stereocenters. The van der Waals surface area contributed by atoms with Crippen LogP contribution in [-0.2, 0) is 11.2 Å². The normalized spacial score (nSPS) is 11.7. The smallest absolute Gasteiger partial charge is 0.234 e. The Hall–Kier alpha value is -1.81. The molecular weight excluding hydrogens is 240 g/mol. The lowest BCUT2D eigenvalue weighted by Crippen LogP contribution is -2.40. The summed E-state index contributed by atoms with van der Waals surface area (Å²) in [6.07, 6.45) is 2.47. The van der Waals surface area contributed by atoms with Crippen LogP contribution < -0.4 is 15.4 Å². The van der Waals surface area contributed by atoms with Gasteiger partial charge in [-0.05, 0) is 25.0 Å². The quantitative estimate of drug-likeness (QED) is 0.551. The van der Waals surface area contributed by atoms with Crippen LogP contribution in [0.25, 0.3) is 0 Å². The van der Waals surface area contributed by atoms with Crippen molar-refractivity contribution in [1.82, 2.24) is 10.6 Å². The topological polar surface area (TPSA) is 50.4 Å². The third kappa shape index (κ3) is 5.57. The second-order valence-electron chi connectivity index (χ2n) is 4.40. The average molecular weight is 262 g/mol. The monoisotopic (exact) mass is 262 g/mol. The van der Waals surface area contributed by atoms with Gasteiger partial charge in [0.25, 0.3) is 0 Å². The summed E-state index contributed by atoms with van der Waals surface area (Å²) in [6, 6.07) is 7.91. The molecule has 19 heavy (non-hydrogen) atoms. The van der Waals surface area contributed by atoms with Crippen LogP contribution >= 0.6 is 0 Å². The van der Waals surface area contributed by atoms with Crippen molar-refractivity contribution in [3.8, 4) is 5.75 Å². The SMILES string of the molecule is C=CCNCC(=O)NC(C)Cc1ccccc1OC. The number of methoxy groups -OCH3 is 1. The van der Waals surface area contributed by atoms with Gasteiger partial charge < -0.3 is 15.4 Å². The first-order chi connectivity index (χ1) is 9.17. The summed E-state index contributed by atoms with van der Waals surface area (Å²) in [5.74, 6) is 0.845. The first-order valence-electron chi connectivity index (χ1n) is 6.40. The van der Waals surface area contributed by atoms with Gasteiger partial charge in [-0.3, -0.25) is 4.79 Å². The van der Waals surface area contributed by atoms with E-state index < -0.39 is 0 Å². The second kappa shape index (κ2) is 8.32. The summed E-state index contributed by atoms with van der Waals surface area (Å²) >= 11 is 0. The Kier molecular flexibility index (Phi) is 6.68. The maximum absolute atomic E-state index is 11.6. The van der Waals surface area contributed by atoms with Crippen LogP contribution in [-0.4, -0.2) is 32.1 Å². The third-order valence-electron chi connectivity index (χ3n) is 2.70. The fourth-order valence-electron chi connectivity index (χ4n) is 1.87. The van der Waals surface area contributed by atoms with Gasteiger partial charge in [-0.15, -0.1) is 6.58 Å². The molecule has 0 spiro atoms. The molecule has 1 amide bonds. The Bertz CT molecular complexity index is 418. The standard InChI is InChI=1S/C15H22N2O2/c1-4-9-16-11-15(18)17-12(2)10-13-7-5-6-8-14(13)19-3/h4-8,12,16H,1,9-11H2,2-3H3,(H,17,18). The minimum Gasteiger partial charge on any atom is -0.496 e. The van der Waals surface area contributed by atoms with Crippen LogP contribution in [0, 0.1) is 0 Å². The van der Waals surface area contributed by atoms with Gasteiger partial charge in [-0.1, -0.05) is 24.3 Å². The maximum Gasteiger partial charge on any atom is 0.234 e. The molecule has 4 nitrogen and oxygen atoms in total. The number of amides is 1. The number of hydrogen-bond acceptors (Lipinski definition) is 3. The molecule has 0 aliphatic heterocycles. The van der Waals surface area contributed by atoms with E-state index in [1.165, 1.54) is 0 Å². The van der Waals surface area contributed by atoms with Crippen LogP contribution in [0.5, 0.6) is 5.75 Å². The fourth-order valence-corrected chi connectivity index (χ4v) is 1.87. The minimum absolute atomic E-state index is 0.00996. The van der Waals surface area contributed by atoms with Gasteiger partial charge in [0.05, 0.1) is 13.7 Å². The lowest BCUT2D eigenvalue weighted by molar-refractivity contribution is -0.120. The van der Waals surface area contributed by atoms with Crippen molar-refractivity contribution in [3.05, 3.63) is 42.5 Å². The lowest BCUT2D eigenvalue weighted by atomic mass is 10.1. The van der Waals surface area contributed by atoms with E-state index in [9.17, 15) is 4.79 Å². The molecule has 1 aromatic carbocycles. The summed E-state index contributed by atoms with van der Waals surface area (Å²) in [6.45, 7) is 6.51. The van der Waals surface area contributed by atoms with Gasteiger partial charge in [-0.25, -0.2) is 0 Å². The molecule has 0 aliphatic carbocycles. The summed E-state index contributed by atoms with van der Waals surface area (Å²) in [4.78, 5) is 11.6. The molecule has 0 aromatic heterocycles. The second-order valence-corrected chi connectivity index (χ2v) is 4.40. The predicted molar refractivity (Wildman–Crippen MR) is 77.4 cm³/mol. The zero-order chi connectivity index (χ0) is 14.1. The minimum atomic E-state index is -0.00996. The third-order valence-corrected chi connectivity index (χ3v) is 2.70. The molecule has 0 heterocycles. The van der Waals surface area contributed by atoms with E-state index in [4.69, 9.17) is 4.74 Å². The van der Waals surface area contributed by atoms with Crippen molar-refractivity contribution in [2.45, 2.75) is 19.4 Å². The number of carbonyl (C=O) groups excluding carboxylic acids is 1. The molecule has 1 aromatic rings. The van der Waals surface area contributed by atoms with Crippen LogP contribution in [0.3, 0.4) is 0 Å². The Morgan fingerprint density at radius 1 is 1.47 bits per heavy atom. The van der Waals surface area contributed by atoms with E-state index in [1.807, 2.05) is 31.2 Å². The van der Waals surface area contributed by atoms with Crippen molar-refractivity contribution in [3.63, 3.8) is 0 Å². The highest BCUT2D eigenvalue weighted by Gasteiger charge is 2.10. The van der Waals surface area contributed by atoms with Gasteiger partial charge in [0, 0.05) is 12.6 Å². The number of hydrogen-bond donors (Lipinski definition) is 2. The van der Waals surface area contributed by atoms with E-state index in [2.05, 4.69) is 17.2 Å². The molecule has 0 saturated heterocycles. The molecule has 0 aliphatic rings. The van der Waals surface area contributed by atoms with Crippen molar-refractivity contribution >= 4 is 5.91 Å². The molecule has 0 bridgehead atoms. The highest BCUT2D eigenvalue weighted by Crippen LogP contribution is 2.18. The van der Waals surface area contributed by atoms with E-state index in [-0.39, 0.29) is 11.9 Å². The number of ether oxygens (including phenoxy) is 1. The summed E-state index contributed by atoms with van der Waals surface area (Å²) in [7, 11) is 1.65. The van der Waals surface area contributed by atoms with E-state index in [0.717, 1.165) is 17.7 Å². The molecule has 0 saturated carbocycles. The fraction of sp³-hybridized carbons (Fsp3) is 0.400. The molecule has 4 heteroatoms. The average Bonchev–Trinajstić information content (AvgIpc) is 2.39. The van der Waals surface area contributed by atoms with Gasteiger partial charge in [0.1, 0.15) is 5.75 Å². The Labute approximate surface area is 114 Å². The number of nitrogens with one attached hydrogen (secondary N) is 2. The first-order valence-corrected chi connectivity index (χ1v) is 6.40. The van der Waals surface area contributed by atoms with Crippen molar-refractivity contribution < 1.29 is 9.53 Å². The molecule has 0 fully saturated rings. The van der Waals surface area contributed by atoms with E-state index in [0.29, 0.717) is 13.1 Å². The van der Waals surface area contributed by atoms with Gasteiger partial charge in [0.2, 0.25) is 5.91 Å². The number of rotatable bonds is 8. The summed E-state index contributed by atoms with van der Waals surface area (Å²) in [5.41, 5.74) is 1.09. The molecule has 104 valence electrons. The molecule has 2 N–H and O–H groups in total. The highest BCUT2D eigenvalue weighted by atomic mass is 16.5. The number of carbonyl (C=O) groups is 1. The summed E-state index contributed by atoms with van der Waals surface area (Å²) < 4.78 is 5.29. The number of benzene rings is 1. The first kappa shape index (κ1) is 15.2. The van der Waals surface area contributed by atoms with Crippen LogP contribution in [0.15, 0.2) is 36.9 Å². The largest absolute Gasteiger partial charge is 0.496 e. The zero-order valence-electron chi connectivity index (χ0n) is 11.6. The summed E-state index contributed by atoms with van der Waals surface area (Å²) in [5, 5.41) is 5.92. The Morgan fingerprint density at radius 3 is 2.89 bits per heavy atom. The molecule has 1 atom stereocenters. The zero-order valence-corrected chi connectivity index (χ0v) is 11.6. The van der Waals surface area contributed by atoms with Crippen molar-refractivity contribution in [2.75, 3.05) is 20.2 Å². The van der Waals surface area contributed by atoms with Crippen LogP contribution in [0.2, 0.25) is 0 Å². The lowest BCUT2D eigenvalue weighted by Gasteiger charge is -2.16. The Morgan fingerprint density at radius 2 is 2.21 bits per heavy atom. The molecule has 1 rings (SSSR count). The van der Waals surface area contributed by atoms with E-state index in [1.54, 1.807) is 13.2 Å². The molecular formula is C15H22N2O2. The Balaban J connectivity index is 2.44. The van der Waals surface area contributed by atoms with Crippen molar-refractivity contribution in [2.24, 2.45) is 0 Å². The van der Waals surface area contributed by atoms with Crippen LogP contribution in [0.4, 0.5) is 0 Å². The number of para-hydroxylation sites is 1. The highest BCUT2D eigenvalue weighted by molar-refractivity contribution is 5.78. The van der Waals surface area contributed by atoms with E-state index >= 15 is 0 Å². The maximum atomic E-state index is 11.6. The van der Waals surface area contributed by atoms with Crippen LogP contribution in [0.1, 0.15) is 12.5 Å². The van der Waals surface area contributed by atoms with Crippen molar-refractivity contribution in [1.29, 1.82) is 0 Å². The van der Waals surface area contributed by atoms with Gasteiger partial charge >= 0.3 is 0 Å². The predicted octanol–water partition coefficient (Wildman–Crippen LogP) is 1.52. The van der Waals surface area contributed by atoms with Gasteiger partial charge in [-0.2, -0.15) is 0 Å². The van der Waals surface area contributed by atoms with Gasteiger partial charge in [0.15, 0.2) is 0 Å². The molecule has 0 radical (unpaired) electrons.